The summed E-state index contributed by atoms with van der Waals surface area (Å²) >= 11 is 0. The molecule has 0 N–H and O–H groups in total. The Morgan fingerprint density at radius 1 is 0.333 bits per heavy atom. The number of nitrogens with zero attached hydrogens (tertiary/aromatic N) is 9. The van der Waals surface area contributed by atoms with Gasteiger partial charge in [-0.1, -0.05) is 20.8 Å². The van der Waals surface area contributed by atoms with Crippen molar-refractivity contribution in [1.82, 2.24) is 43.6 Å². The van der Waals surface area contributed by atoms with E-state index in [2.05, 4.69) is 29.9 Å². The van der Waals surface area contributed by atoms with E-state index in [1.165, 1.54) is 0 Å². The van der Waals surface area contributed by atoms with Gasteiger partial charge in [-0.3, -0.25) is 42.5 Å². The van der Waals surface area contributed by atoms with Crippen LogP contribution in [0.1, 0.15) is 40.0 Å². The van der Waals surface area contributed by atoms with Crippen molar-refractivity contribution in [2.75, 3.05) is 0 Å². The second-order valence-corrected chi connectivity index (χ2v) is 10.1. The predicted molar refractivity (Wildman–Crippen MR) is 154 cm³/mol. The van der Waals surface area contributed by atoms with Crippen molar-refractivity contribution in [2.45, 2.75) is 59.7 Å². The summed E-state index contributed by atoms with van der Waals surface area (Å²) in [5.41, 5.74) is -5.11. The van der Waals surface area contributed by atoms with Gasteiger partial charge in [0.1, 0.15) is 33.1 Å². The van der Waals surface area contributed by atoms with Crippen LogP contribution in [0.15, 0.2) is 28.8 Å². The summed E-state index contributed by atoms with van der Waals surface area (Å²) in [6, 6.07) is 0. The van der Waals surface area contributed by atoms with Crippen LogP contribution in [0.4, 0.5) is 0 Å². The fourth-order valence-corrected chi connectivity index (χ4v) is 5.52. The normalized spacial score (nSPS) is 12.4. The van der Waals surface area contributed by atoms with Crippen LogP contribution >= 0.6 is 0 Å². The van der Waals surface area contributed by atoms with Crippen molar-refractivity contribution in [3.05, 3.63) is 62.1 Å². The highest BCUT2D eigenvalue weighted by Gasteiger charge is 2.26. The quantitative estimate of drug-likeness (QED) is 0.246. The molecule has 15 heteroatoms. The highest BCUT2D eigenvalue weighted by atomic mass is 16.2. The first-order chi connectivity index (χ1) is 20.2. The molecule has 42 heavy (non-hydrogen) atoms. The van der Waals surface area contributed by atoms with Crippen molar-refractivity contribution in [2.24, 2.45) is 0 Å². The highest BCUT2D eigenvalue weighted by molar-refractivity contribution is 6.20. The fraction of sp³-hybridized carbons (Fsp3) is 0.333. The molecule has 0 radical (unpaired) electrons. The van der Waals surface area contributed by atoms with E-state index in [-0.39, 0.29) is 85.8 Å². The highest BCUT2D eigenvalue weighted by Crippen LogP contribution is 2.31. The monoisotopic (exact) mass is 567 g/mol. The number of rotatable bonds is 6. The molecule has 0 aliphatic carbocycles. The van der Waals surface area contributed by atoms with E-state index >= 15 is 0 Å². The molecule has 7 rings (SSSR count). The SMILES string of the molecule is CCCn1c(=O)c2nc3c4nc5c(=O)n(CCC)c(=O)c5nc4c4nc5c(=O)n(CCC)c(=O)c5nc4c3nc2c1=O. The van der Waals surface area contributed by atoms with Gasteiger partial charge in [-0.2, -0.15) is 0 Å². The van der Waals surface area contributed by atoms with E-state index in [0.717, 1.165) is 13.7 Å². The molecule has 7 aromatic rings. The van der Waals surface area contributed by atoms with Crippen LogP contribution in [0.3, 0.4) is 0 Å². The lowest BCUT2D eigenvalue weighted by Gasteiger charge is -2.06. The lowest BCUT2D eigenvalue weighted by molar-refractivity contribution is 0.649. The molecular formula is C27H21N9O6. The lowest BCUT2D eigenvalue weighted by Crippen LogP contribution is -2.25. The maximum Gasteiger partial charge on any atom is 0.281 e. The average molecular weight is 568 g/mol. The van der Waals surface area contributed by atoms with E-state index in [0.29, 0.717) is 19.3 Å². The summed E-state index contributed by atoms with van der Waals surface area (Å²) in [5.74, 6) is 0. The molecule has 0 amide bonds. The van der Waals surface area contributed by atoms with Gasteiger partial charge < -0.3 is 0 Å². The van der Waals surface area contributed by atoms with E-state index in [4.69, 9.17) is 0 Å². The number of benzene rings is 1. The van der Waals surface area contributed by atoms with E-state index in [1.54, 1.807) is 0 Å². The summed E-state index contributed by atoms with van der Waals surface area (Å²) < 4.78 is 3.11. The molecule has 0 aliphatic rings. The van der Waals surface area contributed by atoms with Crippen LogP contribution in [0, 0.1) is 0 Å². The summed E-state index contributed by atoms with van der Waals surface area (Å²) in [6.07, 6.45) is 1.54. The summed E-state index contributed by atoms with van der Waals surface area (Å²) in [7, 11) is 0. The first kappa shape index (κ1) is 25.6. The van der Waals surface area contributed by atoms with Gasteiger partial charge in [-0.05, 0) is 19.3 Å². The molecule has 6 aromatic heterocycles. The minimum absolute atomic E-state index is 0.0170. The Bertz CT molecular complexity index is 2160. The van der Waals surface area contributed by atoms with Crippen molar-refractivity contribution < 1.29 is 0 Å². The van der Waals surface area contributed by atoms with Crippen molar-refractivity contribution >= 4 is 66.2 Å². The molecule has 0 saturated carbocycles. The molecule has 0 bridgehead atoms. The van der Waals surface area contributed by atoms with Crippen LogP contribution in [0.5, 0.6) is 0 Å². The third-order valence-corrected chi connectivity index (χ3v) is 7.39. The van der Waals surface area contributed by atoms with Gasteiger partial charge in [0.25, 0.3) is 33.4 Å². The zero-order valence-corrected chi connectivity index (χ0v) is 22.7. The maximum absolute atomic E-state index is 13.1. The Morgan fingerprint density at radius 2 is 0.500 bits per heavy atom. The van der Waals surface area contributed by atoms with E-state index < -0.39 is 33.4 Å². The maximum atomic E-state index is 13.1. The smallest absolute Gasteiger partial charge is 0.272 e. The van der Waals surface area contributed by atoms with Gasteiger partial charge >= 0.3 is 0 Å². The predicted octanol–water partition coefficient (Wildman–Crippen LogP) is 0.0849. The largest absolute Gasteiger partial charge is 0.281 e. The Hall–Kier alpha value is -5.34. The molecular weight excluding hydrogens is 546 g/mol. The summed E-state index contributed by atoms with van der Waals surface area (Å²) in [5, 5.41) is 0. The van der Waals surface area contributed by atoms with Gasteiger partial charge in [0.05, 0.1) is 0 Å². The first-order valence-electron chi connectivity index (χ1n) is 13.6. The Kier molecular flexibility index (Phi) is 5.38. The molecule has 15 nitrogen and oxygen atoms in total. The number of hydrogen-bond acceptors (Lipinski definition) is 12. The lowest BCUT2D eigenvalue weighted by atomic mass is 10.1. The minimum Gasteiger partial charge on any atom is -0.272 e. The number of fused-ring (bicyclic) bond motifs is 9. The molecule has 0 unspecified atom stereocenters. The molecule has 1 aromatic carbocycles. The minimum atomic E-state index is -0.634. The van der Waals surface area contributed by atoms with Crippen LogP contribution in [-0.4, -0.2) is 43.6 Å². The van der Waals surface area contributed by atoms with Gasteiger partial charge in [0.2, 0.25) is 0 Å². The van der Waals surface area contributed by atoms with Gasteiger partial charge in [-0.25, -0.2) is 29.9 Å². The zero-order chi connectivity index (χ0) is 29.6. The summed E-state index contributed by atoms with van der Waals surface area (Å²) in [6.45, 7) is 5.91. The second kappa shape index (κ2) is 8.83. The Balaban J connectivity index is 1.77. The van der Waals surface area contributed by atoms with Gasteiger partial charge in [-0.15, -0.1) is 0 Å². The Morgan fingerprint density at radius 3 is 0.643 bits per heavy atom. The van der Waals surface area contributed by atoms with Crippen molar-refractivity contribution in [1.29, 1.82) is 0 Å². The average Bonchev–Trinajstić information content (AvgIpc) is 3.47. The number of hydrogen-bond donors (Lipinski definition) is 0. The Labute approximate surface area is 231 Å². The summed E-state index contributed by atoms with van der Waals surface area (Å²) in [4.78, 5) is 106. The third kappa shape index (κ3) is 3.15. The topological polar surface area (TPSA) is 195 Å². The molecule has 0 saturated heterocycles. The molecule has 0 fully saturated rings. The van der Waals surface area contributed by atoms with Gasteiger partial charge in [0.15, 0.2) is 33.1 Å². The van der Waals surface area contributed by atoms with Crippen LogP contribution in [0.25, 0.3) is 66.2 Å². The van der Waals surface area contributed by atoms with Crippen molar-refractivity contribution in [3.8, 4) is 0 Å². The molecule has 6 heterocycles. The number of aromatic nitrogens is 9. The standard InChI is InChI=1S/C27H21N9O6/c1-4-7-34-22(37)16-17(23(34)38)29-11-10(28-16)12-14(32-20-18(30-12)24(39)35(8-5-2)26(20)41)15-13(11)31-19-21(33-15)27(42)36(9-6-3)25(19)40/h4-9H2,1-3H3. The molecule has 210 valence electrons. The van der Waals surface area contributed by atoms with E-state index in [9.17, 15) is 28.8 Å². The van der Waals surface area contributed by atoms with E-state index in [1.807, 2.05) is 20.8 Å². The van der Waals surface area contributed by atoms with Gasteiger partial charge in [0, 0.05) is 19.6 Å². The second-order valence-electron chi connectivity index (χ2n) is 10.1. The molecule has 0 aliphatic heterocycles. The molecule has 0 atom stereocenters. The fourth-order valence-electron chi connectivity index (χ4n) is 5.52. The van der Waals surface area contributed by atoms with Crippen LogP contribution in [-0.2, 0) is 19.6 Å². The zero-order valence-electron chi connectivity index (χ0n) is 22.7. The molecule has 0 spiro atoms. The van der Waals surface area contributed by atoms with Crippen molar-refractivity contribution in [3.63, 3.8) is 0 Å². The van der Waals surface area contributed by atoms with Crippen LogP contribution < -0.4 is 33.4 Å². The third-order valence-electron chi connectivity index (χ3n) is 7.39. The van der Waals surface area contributed by atoms with Crippen LogP contribution in [0.2, 0.25) is 0 Å². The first-order valence-corrected chi connectivity index (χ1v) is 13.6.